The minimum atomic E-state index is -1.61. The van der Waals surface area contributed by atoms with E-state index in [1.54, 1.807) is 0 Å². The second-order valence-electron chi connectivity index (χ2n) is 3.70. The van der Waals surface area contributed by atoms with Crippen LogP contribution in [0.2, 0.25) is 0 Å². The summed E-state index contributed by atoms with van der Waals surface area (Å²) < 4.78 is 5.79. The van der Waals surface area contributed by atoms with Crippen LogP contribution in [-0.4, -0.2) is 38.8 Å². The molecule has 0 spiro atoms. The van der Waals surface area contributed by atoms with Crippen LogP contribution in [0.5, 0.6) is 0 Å². The fourth-order valence-corrected chi connectivity index (χ4v) is 50.4. The SMILES string of the molecule is C=C[Si]1(C=C)CO[SiH2][SiH2][Si]1(C=C)C=C. The van der Waals surface area contributed by atoms with Gasteiger partial charge >= 0.3 is 0 Å². The largest absolute Gasteiger partial charge is 0.431 e. The Balaban J connectivity index is 3.21. The molecule has 0 aromatic heterocycles. The van der Waals surface area contributed by atoms with E-state index in [9.17, 15) is 0 Å². The van der Waals surface area contributed by atoms with Crippen molar-refractivity contribution in [3.05, 3.63) is 49.1 Å². The van der Waals surface area contributed by atoms with Gasteiger partial charge in [0.1, 0.15) is 16.9 Å². The lowest BCUT2D eigenvalue weighted by Crippen LogP contribution is -2.70. The lowest BCUT2D eigenvalue weighted by atomic mass is 11.2. The number of hydrogen-bond acceptors (Lipinski definition) is 1. The van der Waals surface area contributed by atoms with Crippen LogP contribution in [0.4, 0.5) is 0 Å². The van der Waals surface area contributed by atoms with Gasteiger partial charge in [-0.25, -0.2) is 0 Å². The van der Waals surface area contributed by atoms with Crippen molar-refractivity contribution in [1.82, 2.24) is 0 Å². The van der Waals surface area contributed by atoms with Crippen molar-refractivity contribution in [1.29, 1.82) is 0 Å². The van der Waals surface area contributed by atoms with Crippen LogP contribution in [0.3, 0.4) is 0 Å². The van der Waals surface area contributed by atoms with Crippen LogP contribution in [-0.2, 0) is 4.43 Å². The first-order chi connectivity index (χ1) is 6.70. The smallest absolute Gasteiger partial charge is 0.141 e. The summed E-state index contributed by atoms with van der Waals surface area (Å²) in [6.07, 6.45) is 0.906. The van der Waals surface area contributed by atoms with Gasteiger partial charge in [-0.05, 0) is 0 Å². The fraction of sp³-hybridized carbons (Fsp3) is 0.111. The predicted molar refractivity (Wildman–Crippen MR) is 75.3 cm³/mol. The molecular weight excluding hydrogens is 236 g/mol. The second kappa shape index (κ2) is 4.54. The molecule has 0 unspecified atom stereocenters. The standard InChI is InChI=1S/C9H18OSi4/c1-5-13(6-2)9-10-11-12-14(13,7-3)8-4/h5-8H,1-4,9,11-12H2. The molecule has 1 aliphatic heterocycles. The third-order valence-corrected chi connectivity index (χ3v) is 46.3. The topological polar surface area (TPSA) is 9.23 Å². The van der Waals surface area contributed by atoms with Gasteiger partial charge in [0.25, 0.3) is 0 Å². The van der Waals surface area contributed by atoms with Crippen molar-refractivity contribution in [2.24, 2.45) is 0 Å². The molecule has 1 fully saturated rings. The Kier molecular flexibility index (Phi) is 3.84. The van der Waals surface area contributed by atoms with E-state index >= 15 is 0 Å². The first-order valence-corrected chi connectivity index (χ1v) is 17.2. The van der Waals surface area contributed by atoms with E-state index < -0.39 is 14.7 Å². The first kappa shape index (κ1) is 11.9. The summed E-state index contributed by atoms with van der Waals surface area (Å²) in [6, 6.07) is 0. The van der Waals surface area contributed by atoms with Gasteiger partial charge in [-0.1, -0.05) is 11.4 Å². The van der Waals surface area contributed by atoms with E-state index in [1.807, 2.05) is 0 Å². The van der Waals surface area contributed by atoms with Crippen LogP contribution in [0.25, 0.3) is 0 Å². The summed E-state index contributed by atoms with van der Waals surface area (Å²) in [7, 11) is -3.29. The van der Waals surface area contributed by atoms with Gasteiger partial charge in [-0.15, -0.1) is 37.7 Å². The van der Waals surface area contributed by atoms with E-state index in [-0.39, 0.29) is 17.8 Å². The van der Waals surface area contributed by atoms with E-state index in [1.165, 1.54) is 0 Å². The Morgan fingerprint density at radius 2 is 1.57 bits per heavy atom. The molecule has 1 aliphatic rings. The molecular formula is C9H18OSi4. The molecule has 14 heavy (non-hydrogen) atoms. The molecule has 0 bridgehead atoms. The molecule has 0 aromatic rings. The van der Waals surface area contributed by atoms with Crippen molar-refractivity contribution >= 4 is 32.5 Å². The molecule has 5 heteroatoms. The lowest BCUT2D eigenvalue weighted by Gasteiger charge is -2.43. The van der Waals surface area contributed by atoms with E-state index in [4.69, 9.17) is 4.43 Å². The zero-order chi connectivity index (χ0) is 10.7. The van der Waals surface area contributed by atoms with Crippen molar-refractivity contribution in [2.45, 2.75) is 0 Å². The Morgan fingerprint density at radius 3 is 1.93 bits per heavy atom. The van der Waals surface area contributed by atoms with Crippen LogP contribution in [0.15, 0.2) is 49.1 Å². The average Bonchev–Trinajstić information content (AvgIpc) is 2.28. The lowest BCUT2D eigenvalue weighted by molar-refractivity contribution is 0.416. The zero-order valence-corrected chi connectivity index (χ0v) is 13.5. The van der Waals surface area contributed by atoms with Crippen LogP contribution < -0.4 is 0 Å². The summed E-state index contributed by atoms with van der Waals surface area (Å²) in [6.45, 7) is 16.1. The summed E-state index contributed by atoms with van der Waals surface area (Å²) in [5, 5.41) is 0. The first-order valence-electron chi connectivity index (χ1n) is 4.82. The van der Waals surface area contributed by atoms with Crippen LogP contribution in [0, 0.1) is 0 Å². The zero-order valence-electron chi connectivity index (χ0n) is 8.67. The van der Waals surface area contributed by atoms with E-state index in [0.717, 1.165) is 6.23 Å². The Hall–Kier alpha value is -0.212. The molecule has 76 valence electrons. The highest BCUT2D eigenvalue weighted by Crippen LogP contribution is 2.25. The molecule has 0 amide bonds. The maximum Gasteiger partial charge on any atom is 0.141 e. The summed E-state index contributed by atoms with van der Waals surface area (Å²) in [5.41, 5.74) is 8.76. The third-order valence-electron chi connectivity index (χ3n) is 3.32. The minimum Gasteiger partial charge on any atom is -0.431 e. The minimum absolute atomic E-state index is 0.0719. The molecule has 0 aliphatic carbocycles. The highest BCUT2D eigenvalue weighted by Gasteiger charge is 2.49. The molecule has 1 rings (SSSR count). The van der Waals surface area contributed by atoms with Crippen molar-refractivity contribution in [3.63, 3.8) is 0 Å². The van der Waals surface area contributed by atoms with Gasteiger partial charge in [0.05, 0.1) is 7.11 Å². The highest BCUT2D eigenvalue weighted by molar-refractivity contribution is 7.74. The monoisotopic (exact) mass is 254 g/mol. The molecule has 0 radical (unpaired) electrons. The maximum atomic E-state index is 5.79. The number of rotatable bonds is 4. The second-order valence-corrected chi connectivity index (χ2v) is 29.5. The number of hydrogen-bond donors (Lipinski definition) is 0. The molecule has 1 saturated heterocycles. The fourth-order valence-electron chi connectivity index (χ4n) is 2.10. The summed E-state index contributed by atoms with van der Waals surface area (Å²) >= 11 is 0. The van der Waals surface area contributed by atoms with Gasteiger partial charge < -0.3 is 4.43 Å². The molecule has 0 aromatic carbocycles. The molecule has 0 saturated carbocycles. The van der Waals surface area contributed by atoms with Gasteiger partial charge in [0.15, 0.2) is 0 Å². The Morgan fingerprint density at radius 1 is 1.00 bits per heavy atom. The molecule has 0 atom stereocenters. The molecule has 1 nitrogen and oxygen atoms in total. The Bertz CT molecular complexity index is 230. The normalized spacial score (nSPS) is 26.9. The van der Waals surface area contributed by atoms with E-state index in [2.05, 4.69) is 49.1 Å². The van der Waals surface area contributed by atoms with Gasteiger partial charge in [-0.2, -0.15) is 0 Å². The van der Waals surface area contributed by atoms with E-state index in [0.29, 0.717) is 0 Å². The van der Waals surface area contributed by atoms with Crippen molar-refractivity contribution in [2.75, 3.05) is 6.23 Å². The molecule has 1 heterocycles. The molecule has 0 N–H and O–H groups in total. The van der Waals surface area contributed by atoms with Gasteiger partial charge in [-0.3, -0.25) is 0 Å². The van der Waals surface area contributed by atoms with Crippen LogP contribution in [0.1, 0.15) is 0 Å². The van der Waals surface area contributed by atoms with Crippen LogP contribution >= 0.6 is 0 Å². The average molecular weight is 255 g/mol. The van der Waals surface area contributed by atoms with Crippen molar-refractivity contribution in [3.8, 4) is 0 Å². The van der Waals surface area contributed by atoms with Gasteiger partial charge in [0.2, 0.25) is 0 Å². The maximum absolute atomic E-state index is 5.79. The summed E-state index contributed by atoms with van der Waals surface area (Å²) in [4.78, 5) is 0. The van der Waals surface area contributed by atoms with Gasteiger partial charge in [0, 0.05) is 14.8 Å². The quantitative estimate of drug-likeness (QED) is 0.647. The van der Waals surface area contributed by atoms with Crippen molar-refractivity contribution < 1.29 is 4.43 Å². The predicted octanol–water partition coefficient (Wildman–Crippen LogP) is 0.0969. The Labute approximate surface area is 92.4 Å². The highest BCUT2D eigenvalue weighted by atomic mass is 29.8. The third kappa shape index (κ3) is 1.55. The summed E-state index contributed by atoms with van der Waals surface area (Å²) in [5.74, 6) is 0.